The molecule has 1 unspecified atom stereocenters. The van der Waals surface area contributed by atoms with Gasteiger partial charge in [-0.2, -0.15) is 13.2 Å². The number of hydrogen-bond acceptors (Lipinski definition) is 3. The monoisotopic (exact) mass is 389 g/mol. The molecule has 128 valence electrons. The van der Waals surface area contributed by atoms with Gasteiger partial charge in [0, 0.05) is 19.3 Å². The molecule has 1 heterocycles. The number of aromatic nitrogens is 1. The van der Waals surface area contributed by atoms with Crippen LogP contribution in [0.3, 0.4) is 0 Å². The summed E-state index contributed by atoms with van der Waals surface area (Å²) in [5.74, 6) is -0.175. The Bertz CT molecular complexity index is 624. The predicted molar refractivity (Wildman–Crippen MR) is 82.9 cm³/mol. The number of halogens is 6. The summed E-state index contributed by atoms with van der Waals surface area (Å²) < 4.78 is 36.4. The van der Waals surface area contributed by atoms with E-state index in [9.17, 15) is 18.0 Å². The lowest BCUT2D eigenvalue weighted by molar-refractivity contribution is -0.137. The molecular formula is C13H13Cl3F3N3O. The molecule has 0 aromatic carbocycles. The van der Waals surface area contributed by atoms with E-state index < -0.39 is 21.5 Å². The third-order valence-corrected chi connectivity index (χ3v) is 5.02. The van der Waals surface area contributed by atoms with Gasteiger partial charge < -0.3 is 10.6 Å². The first-order valence-corrected chi connectivity index (χ1v) is 7.73. The van der Waals surface area contributed by atoms with E-state index in [1.807, 2.05) is 0 Å². The second-order valence-electron chi connectivity index (χ2n) is 5.45. The van der Waals surface area contributed by atoms with Crippen molar-refractivity contribution < 1.29 is 18.0 Å². The minimum Gasteiger partial charge on any atom is -0.367 e. The highest BCUT2D eigenvalue weighted by Crippen LogP contribution is 2.63. The van der Waals surface area contributed by atoms with E-state index in [-0.39, 0.29) is 29.8 Å². The van der Waals surface area contributed by atoms with E-state index in [1.54, 1.807) is 6.92 Å². The van der Waals surface area contributed by atoms with E-state index in [1.165, 1.54) is 0 Å². The van der Waals surface area contributed by atoms with Crippen LogP contribution in [0.25, 0.3) is 0 Å². The first-order chi connectivity index (χ1) is 10.5. The SMILES string of the molecule is CC1(C(=O)NCCNc2ncc(C(F)(F)F)cc2Cl)CC1(Cl)Cl. The molecule has 1 atom stereocenters. The Balaban J connectivity index is 1.82. The fraction of sp³-hybridized carbons (Fsp3) is 0.538. The Labute approximate surface area is 145 Å². The third-order valence-electron chi connectivity index (χ3n) is 3.63. The molecule has 1 amide bonds. The molecule has 0 spiro atoms. The van der Waals surface area contributed by atoms with E-state index in [4.69, 9.17) is 34.8 Å². The van der Waals surface area contributed by atoms with Crippen LogP contribution in [0.1, 0.15) is 18.9 Å². The maximum absolute atomic E-state index is 12.5. The topological polar surface area (TPSA) is 54.0 Å². The van der Waals surface area contributed by atoms with E-state index >= 15 is 0 Å². The zero-order valence-corrected chi connectivity index (χ0v) is 14.2. The van der Waals surface area contributed by atoms with Gasteiger partial charge in [0.05, 0.1) is 16.0 Å². The van der Waals surface area contributed by atoms with Crippen molar-refractivity contribution in [1.82, 2.24) is 10.3 Å². The molecule has 1 fully saturated rings. The molecule has 2 rings (SSSR count). The molecule has 10 heteroatoms. The summed E-state index contributed by atoms with van der Waals surface area (Å²) >= 11 is 17.5. The molecule has 0 bridgehead atoms. The van der Waals surface area contributed by atoms with Gasteiger partial charge in [-0.3, -0.25) is 4.79 Å². The highest BCUT2D eigenvalue weighted by molar-refractivity contribution is 6.53. The first kappa shape index (κ1) is 18.4. The number of pyridine rings is 1. The van der Waals surface area contributed by atoms with Crippen LogP contribution in [0.5, 0.6) is 0 Å². The van der Waals surface area contributed by atoms with Crippen molar-refractivity contribution >= 4 is 46.5 Å². The largest absolute Gasteiger partial charge is 0.417 e. The number of carbonyl (C=O) groups is 1. The van der Waals surface area contributed by atoms with Crippen molar-refractivity contribution in [2.24, 2.45) is 5.41 Å². The smallest absolute Gasteiger partial charge is 0.367 e. The molecule has 1 aliphatic rings. The number of carbonyl (C=O) groups excluding carboxylic acids is 1. The van der Waals surface area contributed by atoms with E-state index in [2.05, 4.69) is 15.6 Å². The first-order valence-electron chi connectivity index (χ1n) is 6.60. The Morgan fingerprint density at radius 2 is 2.00 bits per heavy atom. The van der Waals surface area contributed by atoms with Crippen molar-refractivity contribution in [2.45, 2.75) is 23.9 Å². The van der Waals surface area contributed by atoms with Crippen LogP contribution in [0, 0.1) is 5.41 Å². The summed E-state index contributed by atoms with van der Waals surface area (Å²) in [5, 5.41) is 5.24. The fourth-order valence-corrected chi connectivity index (χ4v) is 2.86. The summed E-state index contributed by atoms with van der Waals surface area (Å²) in [5.41, 5.74) is -1.75. The van der Waals surface area contributed by atoms with Gasteiger partial charge in [0.1, 0.15) is 10.2 Å². The number of alkyl halides is 5. The maximum Gasteiger partial charge on any atom is 0.417 e. The minimum atomic E-state index is -4.50. The highest BCUT2D eigenvalue weighted by Gasteiger charge is 2.67. The van der Waals surface area contributed by atoms with Gasteiger partial charge in [0.15, 0.2) is 0 Å². The van der Waals surface area contributed by atoms with Gasteiger partial charge in [-0.15, -0.1) is 23.2 Å². The molecule has 2 N–H and O–H groups in total. The number of anilines is 1. The molecular weight excluding hydrogens is 378 g/mol. The molecule has 23 heavy (non-hydrogen) atoms. The second kappa shape index (κ2) is 6.18. The normalized spacial score (nSPS) is 22.6. The molecule has 1 aliphatic carbocycles. The molecule has 0 radical (unpaired) electrons. The molecule has 0 aliphatic heterocycles. The van der Waals surface area contributed by atoms with Crippen LogP contribution in [0.4, 0.5) is 19.0 Å². The summed E-state index contributed by atoms with van der Waals surface area (Å²) in [7, 11) is 0. The van der Waals surface area contributed by atoms with Crippen molar-refractivity contribution in [3.63, 3.8) is 0 Å². The fourth-order valence-electron chi connectivity index (χ4n) is 1.92. The van der Waals surface area contributed by atoms with Crippen LogP contribution < -0.4 is 10.6 Å². The molecule has 1 aromatic heterocycles. The lowest BCUT2D eigenvalue weighted by Crippen LogP contribution is -2.36. The number of rotatable bonds is 5. The number of amides is 1. The Hall–Kier alpha value is -0.920. The predicted octanol–water partition coefficient (Wildman–Crippen LogP) is 3.87. The summed E-state index contributed by atoms with van der Waals surface area (Å²) in [4.78, 5) is 15.5. The second-order valence-corrected chi connectivity index (χ2v) is 7.34. The average molecular weight is 391 g/mol. The van der Waals surface area contributed by atoms with Gasteiger partial charge in [0.25, 0.3) is 0 Å². The summed E-state index contributed by atoms with van der Waals surface area (Å²) in [6.07, 6.45) is -3.44. The number of hydrogen-bond donors (Lipinski definition) is 2. The third kappa shape index (κ3) is 3.95. The molecule has 1 aromatic rings. The van der Waals surface area contributed by atoms with Crippen molar-refractivity contribution in [2.75, 3.05) is 18.4 Å². The molecule has 1 saturated carbocycles. The quantitative estimate of drug-likeness (QED) is 0.593. The number of nitrogens with zero attached hydrogens (tertiary/aromatic N) is 1. The lowest BCUT2D eigenvalue weighted by atomic mass is 10.1. The van der Waals surface area contributed by atoms with Crippen LogP contribution in [0.15, 0.2) is 12.3 Å². The lowest BCUT2D eigenvalue weighted by Gasteiger charge is -2.14. The van der Waals surface area contributed by atoms with Gasteiger partial charge in [-0.25, -0.2) is 4.98 Å². The highest BCUT2D eigenvalue weighted by atomic mass is 35.5. The van der Waals surface area contributed by atoms with Crippen LogP contribution in [-0.2, 0) is 11.0 Å². The number of nitrogens with one attached hydrogen (secondary N) is 2. The van der Waals surface area contributed by atoms with Crippen LogP contribution >= 0.6 is 34.8 Å². The standard InChI is InChI=1S/C13H13Cl3F3N3O/c1-11(6-12(11,15)16)10(23)21-3-2-20-9-8(14)4-7(5-22-9)13(17,18)19/h4-5H,2-3,6H2,1H3,(H,20,22)(H,21,23). The van der Waals surface area contributed by atoms with E-state index in [0.29, 0.717) is 12.6 Å². The van der Waals surface area contributed by atoms with Crippen LogP contribution in [0.2, 0.25) is 5.02 Å². The zero-order valence-electron chi connectivity index (χ0n) is 11.9. The Kier molecular flexibility index (Phi) is 4.95. The van der Waals surface area contributed by atoms with Gasteiger partial charge in [0.2, 0.25) is 5.91 Å². The zero-order chi connectivity index (χ0) is 17.5. The van der Waals surface area contributed by atoms with Crippen molar-refractivity contribution in [3.8, 4) is 0 Å². The summed E-state index contributed by atoms with van der Waals surface area (Å²) in [6.45, 7) is 2.11. The van der Waals surface area contributed by atoms with Crippen molar-refractivity contribution in [3.05, 3.63) is 22.8 Å². The average Bonchev–Trinajstić information content (AvgIpc) is 2.95. The van der Waals surface area contributed by atoms with E-state index in [0.717, 1.165) is 6.07 Å². The Morgan fingerprint density at radius 1 is 1.39 bits per heavy atom. The van der Waals surface area contributed by atoms with Crippen LogP contribution in [-0.4, -0.2) is 28.3 Å². The van der Waals surface area contributed by atoms with Gasteiger partial charge in [-0.05, 0) is 19.4 Å². The minimum absolute atomic E-state index is 0.107. The van der Waals surface area contributed by atoms with Gasteiger partial charge >= 0.3 is 6.18 Å². The van der Waals surface area contributed by atoms with Gasteiger partial charge in [-0.1, -0.05) is 11.6 Å². The summed E-state index contributed by atoms with van der Waals surface area (Å²) in [6, 6.07) is 0.788. The Morgan fingerprint density at radius 3 is 2.48 bits per heavy atom. The van der Waals surface area contributed by atoms with Crippen molar-refractivity contribution in [1.29, 1.82) is 0 Å². The maximum atomic E-state index is 12.5. The molecule has 4 nitrogen and oxygen atoms in total. The molecule has 0 saturated heterocycles.